The van der Waals surface area contributed by atoms with E-state index < -0.39 is 33.2 Å². The summed E-state index contributed by atoms with van der Waals surface area (Å²) in [5.74, 6) is -0.703. The molecule has 0 saturated carbocycles. The van der Waals surface area contributed by atoms with Gasteiger partial charge in [-0.25, -0.2) is 8.42 Å². The molecule has 0 bridgehead atoms. The van der Waals surface area contributed by atoms with Crippen LogP contribution in [0.5, 0.6) is 5.75 Å². The highest BCUT2D eigenvalue weighted by molar-refractivity contribution is 7.92. The van der Waals surface area contributed by atoms with Crippen molar-refractivity contribution in [3.05, 3.63) is 53.1 Å². The van der Waals surface area contributed by atoms with Crippen LogP contribution < -0.4 is 14.8 Å². The van der Waals surface area contributed by atoms with Crippen LogP contribution in [0.1, 0.15) is 97.5 Å². The van der Waals surface area contributed by atoms with Gasteiger partial charge >= 0.3 is 0 Å². The lowest BCUT2D eigenvalue weighted by atomic mass is 9.87. The quantitative estimate of drug-likeness (QED) is 0.131. The molecule has 9 heteroatoms. The number of unbranched alkanes of at least 4 members (excludes halogenated alkanes) is 9. The minimum absolute atomic E-state index is 0.0143. The van der Waals surface area contributed by atoms with Gasteiger partial charge in [0.25, 0.3) is 5.91 Å². The van der Waals surface area contributed by atoms with Gasteiger partial charge in [-0.2, -0.15) is 0 Å². The molecule has 1 atom stereocenters. The van der Waals surface area contributed by atoms with Crippen LogP contribution >= 0.6 is 11.6 Å². The van der Waals surface area contributed by atoms with E-state index in [2.05, 4.69) is 17.0 Å². The molecular formula is C32H47ClN2O5S. The summed E-state index contributed by atoms with van der Waals surface area (Å²) in [6.45, 7) is 9.28. The molecule has 0 aliphatic rings. The van der Waals surface area contributed by atoms with Gasteiger partial charge in [0.05, 0.1) is 22.2 Å². The molecule has 0 fully saturated rings. The zero-order valence-corrected chi connectivity index (χ0v) is 26.8. The summed E-state index contributed by atoms with van der Waals surface area (Å²) in [5, 5.41) is 2.86. The van der Waals surface area contributed by atoms with Crippen LogP contribution in [-0.2, 0) is 19.6 Å². The number of anilines is 2. The summed E-state index contributed by atoms with van der Waals surface area (Å²) < 4.78 is 33.8. The van der Waals surface area contributed by atoms with Crippen molar-refractivity contribution in [2.45, 2.75) is 105 Å². The maximum atomic E-state index is 13.3. The number of Topliss-reactive ketones (excluding diaryl/α,β-unsaturated/α-hetero) is 1. The Bertz CT molecular complexity index is 1220. The molecule has 0 aliphatic heterocycles. The van der Waals surface area contributed by atoms with E-state index in [1.165, 1.54) is 56.7 Å². The fraction of sp³-hybridized carbons (Fsp3) is 0.562. The number of amides is 1. The maximum absolute atomic E-state index is 13.3. The molecule has 41 heavy (non-hydrogen) atoms. The zero-order valence-electron chi connectivity index (χ0n) is 25.2. The smallest absolute Gasteiger partial charge is 0.273 e. The number of rotatable bonds is 18. The lowest BCUT2D eigenvalue weighted by Crippen LogP contribution is -2.45. The molecule has 2 rings (SSSR count). The van der Waals surface area contributed by atoms with Crippen molar-refractivity contribution in [2.24, 2.45) is 5.41 Å². The van der Waals surface area contributed by atoms with E-state index in [9.17, 15) is 18.0 Å². The summed E-state index contributed by atoms with van der Waals surface area (Å²) in [5.41, 5.74) is 0.618. The Hall–Kier alpha value is -2.58. The van der Waals surface area contributed by atoms with Gasteiger partial charge in [-0.1, -0.05) is 115 Å². The molecule has 2 N–H and O–H groups in total. The van der Waals surface area contributed by atoms with Gasteiger partial charge in [0.15, 0.2) is 5.78 Å². The number of carbonyl (C=O) groups excluding carboxylic acids is 2. The van der Waals surface area contributed by atoms with E-state index in [0.29, 0.717) is 12.2 Å². The number of ketones is 1. The standard InChI is InChI=1S/C32H47ClN2O5S/c1-6-7-8-9-10-11-12-13-14-15-22-41(38,39)35-25-18-21-27(33)28(23-25)34-31(37)29(30(36)32(3,4)5)40-26-19-16-24(2)17-20-26/h16-21,23,29,35H,6-15,22H2,1-5H3,(H,34,37). The number of carbonyl (C=O) groups is 2. The third kappa shape index (κ3) is 12.9. The molecule has 7 nitrogen and oxygen atoms in total. The van der Waals surface area contributed by atoms with Crippen LogP contribution in [0.3, 0.4) is 0 Å². The number of hydrogen-bond donors (Lipinski definition) is 2. The summed E-state index contributed by atoms with van der Waals surface area (Å²) in [7, 11) is -3.58. The van der Waals surface area contributed by atoms with Crippen LogP contribution in [0.15, 0.2) is 42.5 Å². The molecule has 2 aromatic rings. The van der Waals surface area contributed by atoms with E-state index in [1.807, 2.05) is 19.1 Å². The Morgan fingerprint density at radius 3 is 2.00 bits per heavy atom. The van der Waals surface area contributed by atoms with Crippen molar-refractivity contribution < 1.29 is 22.7 Å². The highest BCUT2D eigenvalue weighted by atomic mass is 35.5. The molecule has 0 heterocycles. The summed E-state index contributed by atoms with van der Waals surface area (Å²) in [6, 6.07) is 11.5. The average molecular weight is 607 g/mol. The van der Waals surface area contributed by atoms with Crippen molar-refractivity contribution in [3.63, 3.8) is 0 Å². The first kappa shape index (κ1) is 34.6. The third-order valence-electron chi connectivity index (χ3n) is 6.75. The second-order valence-corrected chi connectivity index (χ2v) is 14.0. The van der Waals surface area contributed by atoms with E-state index >= 15 is 0 Å². The minimum Gasteiger partial charge on any atom is -0.473 e. The Morgan fingerprint density at radius 1 is 0.878 bits per heavy atom. The van der Waals surface area contributed by atoms with Gasteiger partial charge < -0.3 is 10.1 Å². The van der Waals surface area contributed by atoms with E-state index in [0.717, 1.165) is 24.8 Å². The summed E-state index contributed by atoms with van der Waals surface area (Å²) in [6.07, 6.45) is 9.75. The molecule has 0 saturated heterocycles. The molecular weight excluding hydrogens is 560 g/mol. The molecule has 2 aromatic carbocycles. The minimum atomic E-state index is -3.58. The number of aryl methyl sites for hydroxylation is 1. The SMILES string of the molecule is CCCCCCCCCCCCS(=O)(=O)Nc1ccc(Cl)c(NC(=O)C(Oc2ccc(C)cc2)C(=O)C(C)(C)C)c1. The number of nitrogens with one attached hydrogen (secondary N) is 2. The van der Waals surface area contributed by atoms with Gasteiger partial charge in [0, 0.05) is 5.41 Å². The molecule has 0 aromatic heterocycles. The van der Waals surface area contributed by atoms with E-state index in [1.54, 1.807) is 32.9 Å². The van der Waals surface area contributed by atoms with Crippen LogP contribution in [-0.4, -0.2) is 32.0 Å². The summed E-state index contributed by atoms with van der Waals surface area (Å²) in [4.78, 5) is 26.4. The molecule has 0 aliphatic carbocycles. The molecule has 228 valence electrons. The normalized spacial score (nSPS) is 12.5. The first-order chi connectivity index (χ1) is 19.3. The van der Waals surface area contributed by atoms with Crippen molar-refractivity contribution in [2.75, 3.05) is 15.8 Å². The second kappa shape index (κ2) is 16.8. The molecule has 1 unspecified atom stereocenters. The lowest BCUT2D eigenvalue weighted by Gasteiger charge is -2.25. The molecule has 0 radical (unpaired) electrons. The fourth-order valence-corrected chi connectivity index (χ4v) is 5.60. The van der Waals surface area contributed by atoms with Gasteiger partial charge in [-0.3, -0.25) is 14.3 Å². The van der Waals surface area contributed by atoms with Crippen molar-refractivity contribution in [3.8, 4) is 5.75 Å². The molecule has 0 spiro atoms. The Balaban J connectivity index is 1.98. The van der Waals surface area contributed by atoms with Gasteiger partial charge in [0.1, 0.15) is 5.75 Å². The fourth-order valence-electron chi connectivity index (χ4n) is 4.27. The van der Waals surface area contributed by atoms with Gasteiger partial charge in [-0.15, -0.1) is 0 Å². The Morgan fingerprint density at radius 2 is 1.44 bits per heavy atom. The topological polar surface area (TPSA) is 102 Å². The monoisotopic (exact) mass is 606 g/mol. The number of hydrogen-bond acceptors (Lipinski definition) is 5. The Labute approximate surface area is 251 Å². The predicted molar refractivity (Wildman–Crippen MR) is 169 cm³/mol. The van der Waals surface area contributed by atoms with Gasteiger partial charge in [-0.05, 0) is 43.7 Å². The van der Waals surface area contributed by atoms with Crippen LogP contribution in [0, 0.1) is 12.3 Å². The first-order valence-corrected chi connectivity index (χ1v) is 16.7. The average Bonchev–Trinajstić information content (AvgIpc) is 2.90. The zero-order chi connectivity index (χ0) is 30.5. The first-order valence-electron chi connectivity index (χ1n) is 14.7. The number of halogens is 1. The number of sulfonamides is 1. The molecule has 1 amide bonds. The van der Waals surface area contributed by atoms with Gasteiger partial charge in [0.2, 0.25) is 16.1 Å². The predicted octanol–water partition coefficient (Wildman–Crippen LogP) is 8.31. The Kier molecular flexibility index (Phi) is 14.2. The van der Waals surface area contributed by atoms with Crippen molar-refractivity contribution >= 4 is 44.7 Å². The van der Waals surface area contributed by atoms with E-state index in [-0.39, 0.29) is 22.2 Å². The maximum Gasteiger partial charge on any atom is 0.273 e. The van der Waals surface area contributed by atoms with Crippen LogP contribution in [0.25, 0.3) is 0 Å². The highest BCUT2D eigenvalue weighted by Gasteiger charge is 2.37. The number of ether oxygens (including phenoxy) is 1. The van der Waals surface area contributed by atoms with Crippen molar-refractivity contribution in [1.29, 1.82) is 0 Å². The van der Waals surface area contributed by atoms with E-state index in [4.69, 9.17) is 16.3 Å². The second-order valence-electron chi connectivity index (χ2n) is 11.7. The lowest BCUT2D eigenvalue weighted by molar-refractivity contribution is -0.140. The highest BCUT2D eigenvalue weighted by Crippen LogP contribution is 2.28. The third-order valence-corrected chi connectivity index (χ3v) is 8.46. The van der Waals surface area contributed by atoms with Crippen LogP contribution in [0.4, 0.5) is 11.4 Å². The largest absolute Gasteiger partial charge is 0.473 e. The van der Waals surface area contributed by atoms with Crippen molar-refractivity contribution in [1.82, 2.24) is 0 Å². The summed E-state index contributed by atoms with van der Waals surface area (Å²) >= 11 is 6.33. The van der Waals surface area contributed by atoms with Crippen LogP contribution in [0.2, 0.25) is 5.02 Å². The number of benzene rings is 2.